The van der Waals surface area contributed by atoms with Gasteiger partial charge in [-0.3, -0.25) is 4.90 Å². The Bertz CT molecular complexity index is 1880. The maximum absolute atomic E-state index is 12.1. The molecule has 2 atom stereocenters. The molecule has 1 heterocycles. The van der Waals surface area contributed by atoms with Gasteiger partial charge in [-0.1, -0.05) is 48.5 Å². The number of sulfone groups is 1. The predicted octanol–water partition coefficient (Wildman–Crippen LogP) is 7.76. The van der Waals surface area contributed by atoms with E-state index in [9.17, 15) is 8.42 Å². The van der Waals surface area contributed by atoms with Crippen LogP contribution in [0.25, 0.3) is 21.9 Å². The smallest absolute Gasteiger partial charge is 0.175 e. The molecule has 0 amide bonds. The quantitative estimate of drug-likeness (QED) is 0.154. The number of hydrogen-bond donors (Lipinski definition) is 1. The van der Waals surface area contributed by atoms with Crippen molar-refractivity contribution in [2.24, 2.45) is 0 Å². The molecule has 246 valence electrons. The second kappa shape index (κ2) is 15.2. The molecule has 0 spiro atoms. The molecule has 0 bridgehead atoms. The van der Waals surface area contributed by atoms with Gasteiger partial charge in [0.15, 0.2) is 9.84 Å². The number of halogens is 1. The van der Waals surface area contributed by atoms with Crippen LogP contribution in [0, 0.1) is 0 Å². The van der Waals surface area contributed by atoms with E-state index in [1.807, 2.05) is 97.1 Å². The molecule has 1 aliphatic rings. The van der Waals surface area contributed by atoms with Gasteiger partial charge in [-0.05, 0) is 91.0 Å². The lowest BCUT2D eigenvalue weighted by molar-refractivity contribution is 0.123. The lowest BCUT2D eigenvalue weighted by Crippen LogP contribution is -2.55. The van der Waals surface area contributed by atoms with Crippen molar-refractivity contribution in [3.63, 3.8) is 0 Å². The number of rotatable bonds is 11. The third kappa shape index (κ3) is 8.64. The molecule has 0 saturated carbocycles. The molecule has 1 N–H and O–H groups in total. The van der Waals surface area contributed by atoms with Crippen LogP contribution in [0.2, 0.25) is 0 Å². The molecular formula is C38H41ClN2O5S. The van der Waals surface area contributed by atoms with E-state index >= 15 is 0 Å². The SMILES string of the molecule is C[C@H]1CN(CCOc2ccc(Oc3c(-c4ccc(S(C)(=O)=O)cc4)ccc4cc(OCc5ccccc5)ccc34)cc2)[C@@H](C)CN1.Cl. The Hall–Kier alpha value is -4.08. The number of hydrogen-bond acceptors (Lipinski definition) is 7. The van der Waals surface area contributed by atoms with E-state index in [1.54, 1.807) is 12.1 Å². The van der Waals surface area contributed by atoms with E-state index in [-0.39, 0.29) is 17.3 Å². The molecule has 5 aromatic rings. The fraction of sp³-hybridized carbons (Fsp3) is 0.263. The summed E-state index contributed by atoms with van der Waals surface area (Å²) in [5.41, 5.74) is 2.80. The first-order valence-corrected chi connectivity index (χ1v) is 17.5. The van der Waals surface area contributed by atoms with Gasteiger partial charge in [0.2, 0.25) is 0 Å². The van der Waals surface area contributed by atoms with E-state index in [2.05, 4.69) is 24.1 Å². The molecule has 0 aliphatic carbocycles. The molecule has 6 rings (SSSR count). The van der Waals surface area contributed by atoms with Crippen molar-refractivity contribution >= 4 is 33.0 Å². The van der Waals surface area contributed by atoms with E-state index in [4.69, 9.17) is 14.2 Å². The van der Waals surface area contributed by atoms with Gasteiger partial charge in [0, 0.05) is 48.9 Å². The molecule has 1 aliphatic heterocycles. The minimum absolute atomic E-state index is 0. The van der Waals surface area contributed by atoms with Gasteiger partial charge in [0.25, 0.3) is 0 Å². The Morgan fingerprint density at radius 1 is 0.809 bits per heavy atom. The fourth-order valence-electron chi connectivity index (χ4n) is 5.74. The Morgan fingerprint density at radius 3 is 2.23 bits per heavy atom. The summed E-state index contributed by atoms with van der Waals surface area (Å²) >= 11 is 0. The van der Waals surface area contributed by atoms with Crippen molar-refractivity contribution in [3.8, 4) is 34.1 Å². The number of piperazine rings is 1. The summed E-state index contributed by atoms with van der Waals surface area (Å²) in [7, 11) is -3.31. The second-order valence-corrected chi connectivity index (χ2v) is 14.0. The highest BCUT2D eigenvalue weighted by Crippen LogP contribution is 2.41. The van der Waals surface area contributed by atoms with Crippen molar-refractivity contribution in [1.82, 2.24) is 10.2 Å². The molecule has 5 aromatic carbocycles. The van der Waals surface area contributed by atoms with Crippen LogP contribution < -0.4 is 19.5 Å². The standard InChI is InChI=1S/C38H40N2O5S.ClH/c1-27-25-40(28(2)24-39-27)21-22-43-32-12-14-33(15-13-32)45-38-36(30-9-17-35(18-10-30)46(3,41)42)19-11-31-23-34(16-20-37(31)38)44-26-29-7-5-4-6-8-29;/h4-20,23,27-28,39H,21-22,24-26H2,1-3H3;1H/t27-,28-;/m0./s1. The Kier molecular flexibility index (Phi) is 11.1. The lowest BCUT2D eigenvalue weighted by atomic mass is 9.99. The average molecular weight is 673 g/mol. The fourth-order valence-corrected chi connectivity index (χ4v) is 6.37. The largest absolute Gasteiger partial charge is 0.492 e. The monoisotopic (exact) mass is 672 g/mol. The van der Waals surface area contributed by atoms with E-state index in [0.29, 0.717) is 36.8 Å². The normalized spacial score (nSPS) is 16.7. The summed E-state index contributed by atoms with van der Waals surface area (Å²) in [6.07, 6.45) is 1.21. The molecule has 1 fully saturated rings. The van der Waals surface area contributed by atoms with Crippen LogP contribution in [-0.4, -0.2) is 57.9 Å². The van der Waals surface area contributed by atoms with Gasteiger partial charge in [-0.15, -0.1) is 12.4 Å². The third-order valence-electron chi connectivity index (χ3n) is 8.37. The summed E-state index contributed by atoms with van der Waals surface area (Å²) in [5.74, 6) is 2.90. The van der Waals surface area contributed by atoms with Crippen LogP contribution in [0.3, 0.4) is 0 Å². The second-order valence-electron chi connectivity index (χ2n) is 12.0. The summed E-state index contributed by atoms with van der Waals surface area (Å²) in [5, 5.41) is 5.40. The van der Waals surface area contributed by atoms with Crippen molar-refractivity contribution in [3.05, 3.63) is 115 Å². The maximum atomic E-state index is 12.1. The number of nitrogens with zero attached hydrogens (tertiary/aromatic N) is 1. The predicted molar refractivity (Wildman–Crippen MR) is 191 cm³/mol. The van der Waals surface area contributed by atoms with Crippen LogP contribution in [0.4, 0.5) is 0 Å². The average Bonchev–Trinajstić information content (AvgIpc) is 3.06. The van der Waals surface area contributed by atoms with Crippen LogP contribution >= 0.6 is 12.4 Å². The highest BCUT2D eigenvalue weighted by molar-refractivity contribution is 7.90. The van der Waals surface area contributed by atoms with Crippen LogP contribution in [0.15, 0.2) is 114 Å². The summed E-state index contributed by atoms with van der Waals surface area (Å²) in [6, 6.07) is 35.6. The zero-order valence-electron chi connectivity index (χ0n) is 26.9. The summed E-state index contributed by atoms with van der Waals surface area (Å²) < 4.78 is 43.0. The Labute approximate surface area is 283 Å². The third-order valence-corrected chi connectivity index (χ3v) is 9.50. The van der Waals surface area contributed by atoms with Crippen molar-refractivity contribution in [2.75, 3.05) is 32.5 Å². The maximum Gasteiger partial charge on any atom is 0.175 e. The summed E-state index contributed by atoms with van der Waals surface area (Å²) in [4.78, 5) is 2.73. The minimum atomic E-state index is -3.31. The molecule has 47 heavy (non-hydrogen) atoms. The van der Waals surface area contributed by atoms with Crippen molar-refractivity contribution in [1.29, 1.82) is 0 Å². The topological polar surface area (TPSA) is 77.1 Å². The molecule has 7 nitrogen and oxygen atoms in total. The van der Waals surface area contributed by atoms with Crippen LogP contribution in [-0.2, 0) is 16.4 Å². The van der Waals surface area contributed by atoms with Gasteiger partial charge in [-0.25, -0.2) is 8.42 Å². The minimum Gasteiger partial charge on any atom is -0.492 e. The highest BCUT2D eigenvalue weighted by Gasteiger charge is 2.22. The zero-order valence-corrected chi connectivity index (χ0v) is 28.5. The van der Waals surface area contributed by atoms with Gasteiger partial charge < -0.3 is 19.5 Å². The first kappa shape index (κ1) is 34.3. The van der Waals surface area contributed by atoms with Gasteiger partial charge in [0.1, 0.15) is 36.2 Å². The zero-order chi connectivity index (χ0) is 32.1. The van der Waals surface area contributed by atoms with E-state index < -0.39 is 9.84 Å². The molecule has 0 radical (unpaired) electrons. The van der Waals surface area contributed by atoms with E-state index in [1.165, 1.54) is 6.26 Å². The van der Waals surface area contributed by atoms with Gasteiger partial charge >= 0.3 is 0 Å². The molecular weight excluding hydrogens is 632 g/mol. The van der Waals surface area contributed by atoms with Crippen LogP contribution in [0.5, 0.6) is 23.0 Å². The lowest BCUT2D eigenvalue weighted by Gasteiger charge is -2.37. The van der Waals surface area contributed by atoms with Crippen LogP contribution in [0.1, 0.15) is 19.4 Å². The Balaban J connectivity index is 0.00000433. The number of nitrogens with one attached hydrogen (secondary N) is 1. The Morgan fingerprint density at radius 2 is 1.51 bits per heavy atom. The molecule has 0 aromatic heterocycles. The number of benzene rings is 5. The van der Waals surface area contributed by atoms with Crippen molar-refractivity contribution < 1.29 is 22.6 Å². The molecule has 9 heteroatoms. The summed E-state index contributed by atoms with van der Waals surface area (Å²) in [6.45, 7) is 8.43. The first-order valence-electron chi connectivity index (χ1n) is 15.6. The molecule has 0 unspecified atom stereocenters. The molecule has 1 saturated heterocycles. The highest BCUT2D eigenvalue weighted by atomic mass is 35.5. The van der Waals surface area contributed by atoms with E-state index in [0.717, 1.165) is 58.6 Å². The van der Waals surface area contributed by atoms with Gasteiger partial charge in [0.05, 0.1) is 4.90 Å². The number of ether oxygens (including phenoxy) is 3. The first-order chi connectivity index (χ1) is 22.2. The van der Waals surface area contributed by atoms with Crippen molar-refractivity contribution in [2.45, 2.75) is 37.4 Å². The van der Waals surface area contributed by atoms with Gasteiger partial charge in [-0.2, -0.15) is 0 Å². The number of fused-ring (bicyclic) bond motifs is 1.